The molecule has 96 valence electrons. The van der Waals surface area contributed by atoms with E-state index in [0.717, 1.165) is 22.4 Å². The monoisotopic (exact) mass is 252 g/mol. The van der Waals surface area contributed by atoms with Gasteiger partial charge >= 0.3 is 0 Å². The Labute approximate surface area is 113 Å². The van der Waals surface area contributed by atoms with Crippen molar-refractivity contribution in [3.63, 3.8) is 0 Å². The van der Waals surface area contributed by atoms with Crippen molar-refractivity contribution < 1.29 is 9.84 Å². The summed E-state index contributed by atoms with van der Waals surface area (Å²) in [5.74, 6) is 6.91. The zero-order chi connectivity index (χ0) is 13.7. The summed E-state index contributed by atoms with van der Waals surface area (Å²) in [5, 5.41) is 9.80. The normalized spacial score (nSPS) is 11.3. The topological polar surface area (TPSA) is 29.5 Å². The van der Waals surface area contributed by atoms with E-state index in [1.165, 1.54) is 0 Å². The number of benzene rings is 2. The molecular formula is C17H16O2. The molecule has 0 heterocycles. The highest BCUT2D eigenvalue weighted by Gasteiger charge is 2.07. The van der Waals surface area contributed by atoms with E-state index in [4.69, 9.17) is 4.74 Å². The average Bonchev–Trinajstić information content (AvgIpc) is 2.46. The molecule has 19 heavy (non-hydrogen) atoms. The zero-order valence-electron chi connectivity index (χ0n) is 11.1. The van der Waals surface area contributed by atoms with Crippen LogP contribution in [0.3, 0.4) is 0 Å². The van der Waals surface area contributed by atoms with Crippen molar-refractivity contribution in [2.75, 3.05) is 7.11 Å². The molecule has 1 unspecified atom stereocenters. The van der Waals surface area contributed by atoms with Crippen LogP contribution in [0.2, 0.25) is 0 Å². The Morgan fingerprint density at radius 3 is 2.42 bits per heavy atom. The molecule has 2 heteroatoms. The molecule has 0 spiro atoms. The highest BCUT2D eigenvalue weighted by atomic mass is 16.5. The van der Waals surface area contributed by atoms with Gasteiger partial charge in [0.25, 0.3) is 0 Å². The summed E-state index contributed by atoms with van der Waals surface area (Å²) >= 11 is 0. The highest BCUT2D eigenvalue weighted by molar-refractivity contribution is 5.49. The largest absolute Gasteiger partial charge is 0.497 e. The summed E-state index contributed by atoms with van der Waals surface area (Å²) in [6.45, 7) is 1.72. The van der Waals surface area contributed by atoms with E-state index in [9.17, 15) is 5.11 Å². The Morgan fingerprint density at radius 2 is 1.79 bits per heavy atom. The van der Waals surface area contributed by atoms with Gasteiger partial charge in [-0.2, -0.15) is 0 Å². The summed E-state index contributed by atoms with van der Waals surface area (Å²) in [5.41, 5.74) is 2.55. The first-order chi connectivity index (χ1) is 9.20. The fourth-order valence-corrected chi connectivity index (χ4v) is 1.79. The molecule has 1 N–H and O–H groups in total. The summed E-state index contributed by atoms with van der Waals surface area (Å²) in [6, 6.07) is 15.3. The summed E-state index contributed by atoms with van der Waals surface area (Å²) < 4.78 is 5.16. The molecule has 0 aliphatic carbocycles. The molecule has 2 aromatic carbocycles. The molecular weight excluding hydrogens is 236 g/mol. The maximum atomic E-state index is 9.80. The first-order valence-electron chi connectivity index (χ1n) is 6.14. The smallest absolute Gasteiger partial charge is 0.119 e. The van der Waals surface area contributed by atoms with Crippen molar-refractivity contribution in [2.24, 2.45) is 0 Å². The van der Waals surface area contributed by atoms with E-state index in [2.05, 4.69) is 11.8 Å². The molecule has 2 aromatic rings. The predicted octanol–water partition coefficient (Wildman–Crippen LogP) is 3.15. The van der Waals surface area contributed by atoms with E-state index in [1.807, 2.05) is 48.5 Å². The molecule has 0 fully saturated rings. The quantitative estimate of drug-likeness (QED) is 0.832. The lowest BCUT2D eigenvalue weighted by Crippen LogP contribution is -1.96. The van der Waals surface area contributed by atoms with Gasteiger partial charge in [-0.05, 0) is 42.8 Å². The number of aliphatic hydroxyl groups is 1. The van der Waals surface area contributed by atoms with Gasteiger partial charge in [0.15, 0.2) is 0 Å². The highest BCUT2D eigenvalue weighted by Crippen LogP contribution is 2.22. The summed E-state index contributed by atoms with van der Waals surface area (Å²) in [4.78, 5) is 0. The Morgan fingerprint density at radius 1 is 1.05 bits per heavy atom. The van der Waals surface area contributed by atoms with E-state index in [0.29, 0.717) is 0 Å². The Balaban J connectivity index is 2.38. The lowest BCUT2D eigenvalue weighted by Gasteiger charge is -2.09. The Kier molecular flexibility index (Phi) is 4.22. The molecule has 0 aliphatic heterocycles. The molecule has 0 saturated heterocycles. The summed E-state index contributed by atoms with van der Waals surface area (Å²) in [7, 11) is 1.61. The van der Waals surface area contributed by atoms with Gasteiger partial charge in [-0.15, -0.1) is 0 Å². The van der Waals surface area contributed by atoms with E-state index >= 15 is 0 Å². The second kappa shape index (κ2) is 6.08. The van der Waals surface area contributed by atoms with Crippen molar-refractivity contribution >= 4 is 0 Å². The first-order valence-corrected chi connectivity index (χ1v) is 6.14. The number of rotatable bonds is 2. The third-order valence-electron chi connectivity index (χ3n) is 2.82. The molecule has 2 nitrogen and oxygen atoms in total. The molecule has 2 rings (SSSR count). The predicted molar refractivity (Wildman–Crippen MR) is 76.0 cm³/mol. The second-order valence-corrected chi connectivity index (χ2v) is 4.25. The van der Waals surface area contributed by atoms with Gasteiger partial charge in [0, 0.05) is 11.1 Å². The van der Waals surface area contributed by atoms with Gasteiger partial charge in [0.05, 0.1) is 13.2 Å². The van der Waals surface area contributed by atoms with Gasteiger partial charge < -0.3 is 9.84 Å². The van der Waals surface area contributed by atoms with Gasteiger partial charge in [0.2, 0.25) is 0 Å². The van der Waals surface area contributed by atoms with Crippen LogP contribution >= 0.6 is 0 Å². The van der Waals surface area contributed by atoms with Crippen molar-refractivity contribution in [3.8, 4) is 17.6 Å². The number of aliphatic hydroxyl groups excluding tert-OH is 1. The Hall–Kier alpha value is -2.24. The van der Waals surface area contributed by atoms with Gasteiger partial charge in [-0.25, -0.2) is 0 Å². The SMILES string of the molecule is COc1ccc(C#Cc2ccccc2)c(C(C)O)c1. The zero-order valence-corrected chi connectivity index (χ0v) is 11.1. The first kappa shape index (κ1) is 13.2. The fourth-order valence-electron chi connectivity index (χ4n) is 1.79. The maximum absolute atomic E-state index is 9.80. The number of ether oxygens (including phenoxy) is 1. The molecule has 0 aromatic heterocycles. The number of hydrogen-bond acceptors (Lipinski definition) is 2. The van der Waals surface area contributed by atoms with Crippen LogP contribution < -0.4 is 4.74 Å². The molecule has 0 aliphatic rings. The summed E-state index contributed by atoms with van der Waals surface area (Å²) in [6.07, 6.45) is -0.574. The van der Waals surface area contributed by atoms with Gasteiger partial charge in [-0.1, -0.05) is 30.0 Å². The van der Waals surface area contributed by atoms with Crippen LogP contribution in [0.1, 0.15) is 29.7 Å². The minimum Gasteiger partial charge on any atom is -0.497 e. The molecule has 1 atom stereocenters. The lowest BCUT2D eigenvalue weighted by atomic mass is 10.0. The lowest BCUT2D eigenvalue weighted by molar-refractivity contribution is 0.198. The number of hydrogen-bond donors (Lipinski definition) is 1. The van der Waals surface area contributed by atoms with Crippen LogP contribution in [0.25, 0.3) is 0 Å². The third-order valence-corrected chi connectivity index (χ3v) is 2.82. The maximum Gasteiger partial charge on any atom is 0.119 e. The third kappa shape index (κ3) is 3.37. The van der Waals surface area contributed by atoms with Gasteiger partial charge in [0.1, 0.15) is 5.75 Å². The van der Waals surface area contributed by atoms with E-state index in [1.54, 1.807) is 14.0 Å². The van der Waals surface area contributed by atoms with Crippen LogP contribution in [0.4, 0.5) is 0 Å². The van der Waals surface area contributed by atoms with Crippen molar-refractivity contribution in [3.05, 3.63) is 65.2 Å². The van der Waals surface area contributed by atoms with Crippen LogP contribution in [-0.2, 0) is 0 Å². The van der Waals surface area contributed by atoms with Crippen LogP contribution in [0.15, 0.2) is 48.5 Å². The second-order valence-electron chi connectivity index (χ2n) is 4.25. The van der Waals surface area contributed by atoms with Crippen LogP contribution in [0, 0.1) is 11.8 Å². The van der Waals surface area contributed by atoms with Gasteiger partial charge in [-0.3, -0.25) is 0 Å². The van der Waals surface area contributed by atoms with Crippen molar-refractivity contribution in [2.45, 2.75) is 13.0 Å². The van der Waals surface area contributed by atoms with Crippen molar-refractivity contribution in [1.29, 1.82) is 0 Å². The van der Waals surface area contributed by atoms with E-state index in [-0.39, 0.29) is 0 Å². The van der Waals surface area contributed by atoms with Crippen LogP contribution in [0.5, 0.6) is 5.75 Å². The molecule has 0 saturated carbocycles. The van der Waals surface area contributed by atoms with Crippen LogP contribution in [-0.4, -0.2) is 12.2 Å². The molecule has 0 bridgehead atoms. The molecule has 0 radical (unpaired) electrons. The molecule has 0 amide bonds. The van der Waals surface area contributed by atoms with Crippen molar-refractivity contribution in [1.82, 2.24) is 0 Å². The minimum absolute atomic E-state index is 0.574. The van der Waals surface area contributed by atoms with E-state index < -0.39 is 6.10 Å². The number of methoxy groups -OCH3 is 1. The minimum atomic E-state index is -0.574. The Bertz CT molecular complexity index is 604. The average molecular weight is 252 g/mol. The standard InChI is InChI=1S/C17H16O2/c1-13(18)17-12-16(19-2)11-10-15(17)9-8-14-6-4-3-5-7-14/h3-7,10-13,18H,1-2H3. The fraction of sp³-hybridized carbons (Fsp3) is 0.176.